The van der Waals surface area contributed by atoms with E-state index in [1.165, 1.54) is 12.1 Å². The topological polar surface area (TPSA) is 71.3 Å². The zero-order valence-corrected chi connectivity index (χ0v) is 13.6. The Labute approximate surface area is 139 Å². The van der Waals surface area contributed by atoms with Gasteiger partial charge in [0.25, 0.3) is 5.91 Å². The molecule has 1 atom stereocenters. The molecule has 122 valence electrons. The number of halogens is 3. The summed E-state index contributed by atoms with van der Waals surface area (Å²) in [5, 5.41) is 4.96. The van der Waals surface area contributed by atoms with Gasteiger partial charge in [0, 0.05) is 0 Å². The predicted octanol–water partition coefficient (Wildman–Crippen LogP) is 2.93. The second-order valence-corrected chi connectivity index (χ2v) is 5.53. The number of carbonyl (C=O) groups excluding carboxylic acids is 2. The maximum atomic E-state index is 13.2. The molecule has 0 aliphatic rings. The lowest BCUT2D eigenvalue weighted by Gasteiger charge is -2.14. The number of amides is 2. The van der Waals surface area contributed by atoms with Crippen molar-refractivity contribution in [2.75, 3.05) is 6.54 Å². The van der Waals surface area contributed by atoms with Crippen molar-refractivity contribution in [3.8, 4) is 0 Å². The minimum atomic E-state index is -0.986. The van der Waals surface area contributed by atoms with Gasteiger partial charge in [0.05, 0.1) is 12.6 Å². The van der Waals surface area contributed by atoms with Crippen molar-refractivity contribution < 1.29 is 22.8 Å². The number of furan rings is 1. The highest BCUT2D eigenvalue weighted by Gasteiger charge is 2.14. The summed E-state index contributed by atoms with van der Waals surface area (Å²) in [6.07, 6.45) is 0. The van der Waals surface area contributed by atoms with Gasteiger partial charge in [0.2, 0.25) is 5.91 Å². The summed E-state index contributed by atoms with van der Waals surface area (Å²) in [5.41, 5.74) is 0.415. The molecule has 0 spiro atoms. The summed E-state index contributed by atoms with van der Waals surface area (Å²) in [7, 11) is 0. The number of rotatable bonds is 5. The van der Waals surface area contributed by atoms with Crippen LogP contribution in [0.1, 0.15) is 29.1 Å². The maximum Gasteiger partial charge on any atom is 0.287 e. The van der Waals surface area contributed by atoms with Gasteiger partial charge in [-0.3, -0.25) is 9.59 Å². The molecule has 2 aromatic rings. The lowest BCUT2D eigenvalue weighted by molar-refractivity contribution is -0.120. The van der Waals surface area contributed by atoms with Gasteiger partial charge < -0.3 is 15.1 Å². The molecule has 1 heterocycles. The molecule has 1 aromatic carbocycles. The maximum absolute atomic E-state index is 13.2. The highest BCUT2D eigenvalue weighted by atomic mass is 79.9. The van der Waals surface area contributed by atoms with Gasteiger partial charge in [0.15, 0.2) is 22.1 Å². The number of benzene rings is 1. The normalized spacial score (nSPS) is 11.8. The highest BCUT2D eigenvalue weighted by molar-refractivity contribution is 9.10. The number of hydrogen-bond acceptors (Lipinski definition) is 3. The summed E-state index contributed by atoms with van der Waals surface area (Å²) in [6.45, 7) is 1.35. The average molecular weight is 387 g/mol. The van der Waals surface area contributed by atoms with Crippen LogP contribution < -0.4 is 10.6 Å². The first-order valence-corrected chi connectivity index (χ1v) is 7.44. The van der Waals surface area contributed by atoms with Crippen LogP contribution in [0.15, 0.2) is 39.4 Å². The molecule has 0 bridgehead atoms. The van der Waals surface area contributed by atoms with E-state index in [0.717, 1.165) is 12.1 Å². The Morgan fingerprint density at radius 1 is 1.22 bits per heavy atom. The van der Waals surface area contributed by atoms with Gasteiger partial charge >= 0.3 is 0 Å². The summed E-state index contributed by atoms with van der Waals surface area (Å²) in [6, 6.07) is 5.86. The van der Waals surface area contributed by atoms with Crippen LogP contribution in [0.2, 0.25) is 0 Å². The molecule has 0 aliphatic heterocycles. The van der Waals surface area contributed by atoms with Crippen molar-refractivity contribution in [2.45, 2.75) is 13.0 Å². The van der Waals surface area contributed by atoms with Gasteiger partial charge in [0.1, 0.15) is 0 Å². The van der Waals surface area contributed by atoms with Crippen LogP contribution in [0, 0.1) is 11.6 Å². The molecular weight excluding hydrogens is 374 g/mol. The Bertz CT molecular complexity index is 733. The predicted molar refractivity (Wildman–Crippen MR) is 81.7 cm³/mol. The number of hydrogen-bond donors (Lipinski definition) is 2. The van der Waals surface area contributed by atoms with Crippen LogP contribution in [0.3, 0.4) is 0 Å². The first-order valence-electron chi connectivity index (χ1n) is 6.64. The van der Waals surface area contributed by atoms with E-state index in [1.54, 1.807) is 13.0 Å². The molecule has 5 nitrogen and oxygen atoms in total. The summed E-state index contributed by atoms with van der Waals surface area (Å²) in [4.78, 5) is 23.5. The van der Waals surface area contributed by atoms with Crippen molar-refractivity contribution in [2.24, 2.45) is 0 Å². The molecule has 2 N–H and O–H groups in total. The molecule has 8 heteroatoms. The van der Waals surface area contributed by atoms with Crippen molar-refractivity contribution in [1.29, 1.82) is 0 Å². The van der Waals surface area contributed by atoms with E-state index in [0.29, 0.717) is 10.2 Å². The molecule has 0 radical (unpaired) electrons. The smallest absolute Gasteiger partial charge is 0.287 e. The van der Waals surface area contributed by atoms with E-state index >= 15 is 0 Å². The molecule has 23 heavy (non-hydrogen) atoms. The van der Waals surface area contributed by atoms with Gasteiger partial charge in [-0.05, 0) is 52.7 Å². The minimum Gasteiger partial charge on any atom is -0.444 e. The third kappa shape index (κ3) is 4.62. The molecule has 0 saturated carbocycles. The van der Waals surface area contributed by atoms with Crippen LogP contribution in [0.4, 0.5) is 8.78 Å². The summed E-state index contributed by atoms with van der Waals surface area (Å²) >= 11 is 3.07. The van der Waals surface area contributed by atoms with Crippen molar-refractivity contribution in [3.05, 3.63) is 58.0 Å². The van der Waals surface area contributed by atoms with Crippen molar-refractivity contribution >= 4 is 27.7 Å². The van der Waals surface area contributed by atoms with Gasteiger partial charge in [-0.2, -0.15) is 0 Å². The lowest BCUT2D eigenvalue weighted by atomic mass is 10.1. The monoisotopic (exact) mass is 386 g/mol. The first-order chi connectivity index (χ1) is 10.9. The zero-order chi connectivity index (χ0) is 17.0. The fraction of sp³-hybridized carbons (Fsp3) is 0.200. The fourth-order valence-electron chi connectivity index (χ4n) is 1.84. The standard InChI is InChI=1S/C15H13BrF2N2O3/c1-8(9-2-3-10(17)11(18)6-9)20-14(21)7-19-15(22)12-4-5-13(16)23-12/h2-6,8H,7H2,1H3,(H,19,22)(H,20,21)/t8-/m1/s1. The summed E-state index contributed by atoms with van der Waals surface area (Å²) < 4.78 is 31.5. The Morgan fingerprint density at radius 3 is 2.57 bits per heavy atom. The molecule has 0 saturated heterocycles. The molecule has 0 fully saturated rings. The zero-order valence-electron chi connectivity index (χ0n) is 12.0. The summed E-state index contributed by atoms with van der Waals surface area (Å²) in [5.74, 6) is -2.88. The molecule has 0 aliphatic carbocycles. The molecule has 2 rings (SSSR count). The third-order valence-corrected chi connectivity index (χ3v) is 3.45. The Balaban J connectivity index is 1.86. The second kappa shape index (κ2) is 7.36. The third-order valence-electron chi connectivity index (χ3n) is 3.03. The largest absolute Gasteiger partial charge is 0.444 e. The van der Waals surface area contributed by atoms with Crippen LogP contribution in [-0.2, 0) is 4.79 Å². The Hall–Kier alpha value is -2.22. The molecule has 2 amide bonds. The Morgan fingerprint density at radius 2 is 1.96 bits per heavy atom. The SMILES string of the molecule is C[C@@H](NC(=O)CNC(=O)c1ccc(Br)o1)c1ccc(F)c(F)c1. The first kappa shape index (κ1) is 17.1. The molecular formula is C15H13BrF2N2O3. The fourth-order valence-corrected chi connectivity index (χ4v) is 2.15. The van der Waals surface area contributed by atoms with E-state index in [1.807, 2.05) is 0 Å². The van der Waals surface area contributed by atoms with E-state index < -0.39 is 29.5 Å². The van der Waals surface area contributed by atoms with Gasteiger partial charge in [-0.25, -0.2) is 8.78 Å². The van der Waals surface area contributed by atoms with Gasteiger partial charge in [-0.1, -0.05) is 6.07 Å². The van der Waals surface area contributed by atoms with E-state index in [2.05, 4.69) is 26.6 Å². The van der Waals surface area contributed by atoms with Gasteiger partial charge in [-0.15, -0.1) is 0 Å². The van der Waals surface area contributed by atoms with Crippen molar-refractivity contribution in [3.63, 3.8) is 0 Å². The van der Waals surface area contributed by atoms with Crippen LogP contribution in [0.25, 0.3) is 0 Å². The van der Waals surface area contributed by atoms with E-state index in [9.17, 15) is 18.4 Å². The average Bonchev–Trinajstić information content (AvgIpc) is 2.94. The van der Waals surface area contributed by atoms with Crippen molar-refractivity contribution in [1.82, 2.24) is 10.6 Å². The number of nitrogens with one attached hydrogen (secondary N) is 2. The van der Waals surface area contributed by atoms with E-state index in [-0.39, 0.29) is 12.3 Å². The molecule has 1 aromatic heterocycles. The van der Waals surface area contributed by atoms with E-state index in [4.69, 9.17) is 4.42 Å². The second-order valence-electron chi connectivity index (χ2n) is 4.75. The molecule has 0 unspecified atom stereocenters. The van der Waals surface area contributed by atoms with Crippen LogP contribution >= 0.6 is 15.9 Å². The van der Waals surface area contributed by atoms with Crippen LogP contribution in [0.5, 0.6) is 0 Å². The van der Waals surface area contributed by atoms with Crippen LogP contribution in [-0.4, -0.2) is 18.4 Å². The Kier molecular flexibility index (Phi) is 5.49. The lowest BCUT2D eigenvalue weighted by Crippen LogP contribution is -2.37. The minimum absolute atomic E-state index is 0.0679. The number of carbonyl (C=O) groups is 2. The highest BCUT2D eigenvalue weighted by Crippen LogP contribution is 2.16. The quantitative estimate of drug-likeness (QED) is 0.829.